The third kappa shape index (κ3) is 3.08. The van der Waals surface area contributed by atoms with Crippen LogP contribution in [0, 0.1) is 6.92 Å². The molecule has 1 aliphatic rings. The van der Waals surface area contributed by atoms with Crippen molar-refractivity contribution in [1.82, 2.24) is 5.32 Å². The third-order valence-corrected chi connectivity index (χ3v) is 3.70. The van der Waals surface area contributed by atoms with Crippen molar-refractivity contribution in [3.8, 4) is 0 Å². The van der Waals surface area contributed by atoms with Gasteiger partial charge in [0.1, 0.15) is 0 Å². The van der Waals surface area contributed by atoms with Crippen LogP contribution in [-0.2, 0) is 0 Å². The Bertz CT molecular complexity index is 309. The summed E-state index contributed by atoms with van der Waals surface area (Å²) in [5, 5.41) is 3.63. The van der Waals surface area contributed by atoms with Gasteiger partial charge in [-0.3, -0.25) is 0 Å². The number of aryl methyl sites for hydroxylation is 1. The van der Waals surface area contributed by atoms with Gasteiger partial charge < -0.3 is 5.32 Å². The van der Waals surface area contributed by atoms with Gasteiger partial charge in [-0.05, 0) is 44.2 Å². The normalized spacial score (nSPS) is 23.0. The van der Waals surface area contributed by atoms with Gasteiger partial charge in [-0.15, -0.1) is 0 Å². The zero-order valence-electron chi connectivity index (χ0n) is 10.5. The molecule has 0 saturated carbocycles. The van der Waals surface area contributed by atoms with Gasteiger partial charge in [-0.2, -0.15) is 0 Å². The van der Waals surface area contributed by atoms with E-state index in [-0.39, 0.29) is 0 Å². The monoisotopic (exact) mass is 217 g/mol. The van der Waals surface area contributed by atoms with Crippen molar-refractivity contribution < 1.29 is 0 Å². The molecule has 0 aliphatic carbocycles. The maximum atomic E-state index is 3.63. The molecule has 2 atom stereocenters. The van der Waals surface area contributed by atoms with E-state index in [1.807, 2.05) is 0 Å². The average molecular weight is 217 g/mol. The van der Waals surface area contributed by atoms with Crippen LogP contribution in [0.3, 0.4) is 0 Å². The molecule has 1 N–H and O–H groups in total. The maximum absolute atomic E-state index is 3.63. The van der Waals surface area contributed by atoms with Crippen LogP contribution in [0.5, 0.6) is 0 Å². The molecule has 2 unspecified atom stereocenters. The molecule has 0 amide bonds. The lowest BCUT2D eigenvalue weighted by atomic mass is 9.90. The highest BCUT2D eigenvalue weighted by molar-refractivity contribution is 5.24. The van der Waals surface area contributed by atoms with Gasteiger partial charge in [0.15, 0.2) is 0 Å². The van der Waals surface area contributed by atoms with E-state index < -0.39 is 0 Å². The topological polar surface area (TPSA) is 12.0 Å². The minimum absolute atomic E-state index is 0.677. The van der Waals surface area contributed by atoms with Gasteiger partial charge in [-0.1, -0.05) is 43.2 Å². The van der Waals surface area contributed by atoms with Crippen LogP contribution in [-0.4, -0.2) is 12.6 Å². The highest BCUT2D eigenvalue weighted by atomic mass is 14.9. The number of benzene rings is 1. The van der Waals surface area contributed by atoms with E-state index in [2.05, 4.69) is 43.4 Å². The maximum Gasteiger partial charge on any atom is 0.00727 e. The van der Waals surface area contributed by atoms with E-state index in [4.69, 9.17) is 0 Å². The van der Waals surface area contributed by atoms with Gasteiger partial charge in [-0.25, -0.2) is 0 Å². The molecule has 88 valence electrons. The fraction of sp³-hybridized carbons (Fsp3) is 0.600. The van der Waals surface area contributed by atoms with Gasteiger partial charge in [0, 0.05) is 6.04 Å². The van der Waals surface area contributed by atoms with Crippen LogP contribution in [0.25, 0.3) is 0 Å². The van der Waals surface area contributed by atoms with Gasteiger partial charge in [0.2, 0.25) is 0 Å². The Morgan fingerprint density at radius 1 is 1.25 bits per heavy atom. The summed E-state index contributed by atoms with van der Waals surface area (Å²) in [7, 11) is 0. The molecule has 1 heterocycles. The first-order valence-electron chi connectivity index (χ1n) is 6.55. The molecule has 1 saturated heterocycles. The average Bonchev–Trinajstić information content (AvgIpc) is 2.31. The molecular weight excluding hydrogens is 194 g/mol. The summed E-state index contributed by atoms with van der Waals surface area (Å²) in [4.78, 5) is 0. The predicted molar refractivity (Wildman–Crippen MR) is 69.9 cm³/mol. The van der Waals surface area contributed by atoms with Crippen molar-refractivity contribution >= 4 is 0 Å². The summed E-state index contributed by atoms with van der Waals surface area (Å²) in [6.07, 6.45) is 5.40. The van der Waals surface area contributed by atoms with Crippen molar-refractivity contribution in [2.75, 3.05) is 6.54 Å². The first-order chi connectivity index (χ1) is 7.75. The quantitative estimate of drug-likeness (QED) is 0.815. The molecule has 0 radical (unpaired) electrons. The molecule has 1 aromatic carbocycles. The molecule has 1 aromatic rings. The van der Waals surface area contributed by atoms with E-state index in [9.17, 15) is 0 Å². The zero-order chi connectivity index (χ0) is 11.4. The van der Waals surface area contributed by atoms with Crippen LogP contribution >= 0.6 is 0 Å². The predicted octanol–water partition coefficient (Wildman–Crippen LogP) is 3.63. The Hall–Kier alpha value is -0.820. The first-order valence-corrected chi connectivity index (χ1v) is 6.55. The number of hydrogen-bond donors (Lipinski definition) is 1. The van der Waals surface area contributed by atoms with Crippen molar-refractivity contribution in [1.29, 1.82) is 0 Å². The SMILES string of the molecule is Cc1ccc(C(C)CC2CCCCN2)cc1. The molecule has 16 heavy (non-hydrogen) atoms. The van der Waals surface area contributed by atoms with Gasteiger partial charge in [0.25, 0.3) is 0 Å². The molecule has 0 aromatic heterocycles. The number of piperidine rings is 1. The second kappa shape index (κ2) is 5.49. The van der Waals surface area contributed by atoms with Crippen LogP contribution in [0.2, 0.25) is 0 Å². The lowest BCUT2D eigenvalue weighted by Crippen LogP contribution is -2.34. The molecule has 2 rings (SSSR count). The minimum atomic E-state index is 0.677. The van der Waals surface area contributed by atoms with Gasteiger partial charge >= 0.3 is 0 Å². The summed E-state index contributed by atoms with van der Waals surface area (Å²) in [6, 6.07) is 9.75. The lowest BCUT2D eigenvalue weighted by molar-refractivity contribution is 0.366. The molecule has 1 fully saturated rings. The summed E-state index contributed by atoms with van der Waals surface area (Å²) in [6.45, 7) is 5.71. The number of hydrogen-bond acceptors (Lipinski definition) is 1. The summed E-state index contributed by atoms with van der Waals surface area (Å²) >= 11 is 0. The molecule has 1 aliphatic heterocycles. The Balaban J connectivity index is 1.91. The van der Waals surface area contributed by atoms with Gasteiger partial charge in [0.05, 0.1) is 0 Å². The third-order valence-electron chi connectivity index (χ3n) is 3.70. The molecule has 0 spiro atoms. The molecule has 1 heteroatoms. The van der Waals surface area contributed by atoms with Crippen LogP contribution in [0.15, 0.2) is 24.3 Å². The smallest absolute Gasteiger partial charge is 0.00727 e. The second-order valence-electron chi connectivity index (χ2n) is 5.19. The molecule has 0 bridgehead atoms. The van der Waals surface area contributed by atoms with Crippen molar-refractivity contribution in [2.24, 2.45) is 0 Å². The second-order valence-corrected chi connectivity index (χ2v) is 5.19. The zero-order valence-corrected chi connectivity index (χ0v) is 10.5. The number of rotatable bonds is 3. The van der Waals surface area contributed by atoms with Crippen molar-refractivity contribution in [3.63, 3.8) is 0 Å². The fourth-order valence-corrected chi connectivity index (χ4v) is 2.58. The first kappa shape index (κ1) is 11.7. The minimum Gasteiger partial charge on any atom is -0.314 e. The summed E-state index contributed by atoms with van der Waals surface area (Å²) in [5.41, 5.74) is 2.84. The van der Waals surface area contributed by atoms with Crippen molar-refractivity contribution in [2.45, 2.75) is 51.5 Å². The standard InChI is InChI=1S/C15H23N/c1-12-6-8-14(9-7-12)13(2)11-15-5-3-4-10-16-15/h6-9,13,15-16H,3-5,10-11H2,1-2H3. The molecular formula is C15H23N. The largest absolute Gasteiger partial charge is 0.314 e. The number of nitrogens with one attached hydrogen (secondary N) is 1. The van der Waals surface area contributed by atoms with E-state index in [1.165, 1.54) is 43.4 Å². The van der Waals surface area contributed by atoms with Crippen LogP contribution in [0.4, 0.5) is 0 Å². The lowest BCUT2D eigenvalue weighted by Gasteiger charge is -2.26. The Morgan fingerprint density at radius 2 is 2.00 bits per heavy atom. The van der Waals surface area contributed by atoms with E-state index in [0.717, 1.165) is 6.04 Å². The molecule has 1 nitrogen and oxygen atoms in total. The van der Waals surface area contributed by atoms with E-state index in [0.29, 0.717) is 5.92 Å². The fourth-order valence-electron chi connectivity index (χ4n) is 2.58. The van der Waals surface area contributed by atoms with E-state index >= 15 is 0 Å². The van der Waals surface area contributed by atoms with Crippen LogP contribution in [0.1, 0.15) is 49.7 Å². The Morgan fingerprint density at radius 3 is 2.62 bits per heavy atom. The van der Waals surface area contributed by atoms with Crippen molar-refractivity contribution in [3.05, 3.63) is 35.4 Å². The highest BCUT2D eigenvalue weighted by Crippen LogP contribution is 2.24. The Kier molecular flexibility index (Phi) is 4.00. The highest BCUT2D eigenvalue weighted by Gasteiger charge is 2.16. The Labute approximate surface area is 99.3 Å². The summed E-state index contributed by atoms with van der Waals surface area (Å²) < 4.78 is 0. The summed E-state index contributed by atoms with van der Waals surface area (Å²) in [5.74, 6) is 0.677. The van der Waals surface area contributed by atoms with Crippen LogP contribution < -0.4 is 5.32 Å². The van der Waals surface area contributed by atoms with E-state index in [1.54, 1.807) is 0 Å².